The summed E-state index contributed by atoms with van der Waals surface area (Å²) in [5.41, 5.74) is 2.38. The fraction of sp³-hybridized carbons (Fsp3) is 0.500. The average molecular weight is 260 g/mol. The van der Waals surface area contributed by atoms with Crippen molar-refractivity contribution in [2.24, 2.45) is 0 Å². The Labute approximate surface area is 118 Å². The van der Waals surface area contributed by atoms with Crippen LogP contribution in [0.2, 0.25) is 0 Å². The summed E-state index contributed by atoms with van der Waals surface area (Å²) in [6.07, 6.45) is 2.30. The Balaban J connectivity index is 0.000000711. The number of Topliss-reactive ketones (excluding diaryl/α,β-unsaturated/α-hetero) is 1. The van der Waals surface area contributed by atoms with Crippen LogP contribution in [-0.4, -0.2) is 5.78 Å². The van der Waals surface area contributed by atoms with Gasteiger partial charge in [-0.3, -0.25) is 4.79 Å². The lowest BCUT2D eigenvalue weighted by atomic mass is 9.79. The molecule has 1 aromatic rings. The highest BCUT2D eigenvalue weighted by atomic mass is 16.1. The maximum atomic E-state index is 11.6. The number of carbonyl (C=O) groups is 1. The van der Waals surface area contributed by atoms with Crippen LogP contribution in [0.15, 0.2) is 42.5 Å². The minimum absolute atomic E-state index is 0.0342. The number of carbonyl (C=O) groups excluding carboxylic acids is 1. The number of hydrogen-bond donors (Lipinski definition) is 0. The molecule has 0 aromatic heterocycles. The fourth-order valence-electron chi connectivity index (χ4n) is 1.85. The van der Waals surface area contributed by atoms with Crippen molar-refractivity contribution in [2.45, 2.75) is 59.3 Å². The highest BCUT2D eigenvalue weighted by molar-refractivity contribution is 5.79. The summed E-state index contributed by atoms with van der Waals surface area (Å²) < 4.78 is 0. The minimum Gasteiger partial charge on any atom is -0.300 e. The lowest BCUT2D eigenvalue weighted by Crippen LogP contribution is -2.21. The van der Waals surface area contributed by atoms with Crippen LogP contribution in [0.4, 0.5) is 0 Å². The standard InChI is InChI=1S/C14H20O.C4H8/c1-4-8-13(15)11-14(2,3)12-9-6-5-7-10-12;1-4(2)3/h5-7,9-10H,4,8,11H2,1-3H3;1H2,2-3H3. The van der Waals surface area contributed by atoms with E-state index in [1.807, 2.05) is 39.0 Å². The maximum Gasteiger partial charge on any atom is 0.133 e. The van der Waals surface area contributed by atoms with Gasteiger partial charge in [0, 0.05) is 12.8 Å². The molecule has 1 aromatic carbocycles. The number of hydrogen-bond acceptors (Lipinski definition) is 1. The maximum absolute atomic E-state index is 11.6. The summed E-state index contributed by atoms with van der Waals surface area (Å²) in [6.45, 7) is 13.8. The van der Waals surface area contributed by atoms with Crippen molar-refractivity contribution in [3.8, 4) is 0 Å². The zero-order valence-corrected chi connectivity index (χ0v) is 13.1. The van der Waals surface area contributed by atoms with Gasteiger partial charge in [-0.15, -0.1) is 6.58 Å². The number of rotatable bonds is 5. The van der Waals surface area contributed by atoms with E-state index in [4.69, 9.17) is 0 Å². The van der Waals surface area contributed by atoms with E-state index in [1.54, 1.807) is 0 Å². The Morgan fingerprint density at radius 3 is 2.05 bits per heavy atom. The number of allylic oxidation sites excluding steroid dienone is 1. The molecule has 19 heavy (non-hydrogen) atoms. The van der Waals surface area contributed by atoms with Crippen molar-refractivity contribution in [3.63, 3.8) is 0 Å². The lowest BCUT2D eigenvalue weighted by Gasteiger charge is -2.24. The Morgan fingerprint density at radius 1 is 1.16 bits per heavy atom. The van der Waals surface area contributed by atoms with Gasteiger partial charge in [0.05, 0.1) is 0 Å². The van der Waals surface area contributed by atoms with Crippen molar-refractivity contribution < 1.29 is 4.79 Å². The molecule has 1 nitrogen and oxygen atoms in total. The van der Waals surface area contributed by atoms with Crippen LogP contribution >= 0.6 is 0 Å². The molecule has 0 radical (unpaired) electrons. The van der Waals surface area contributed by atoms with Gasteiger partial charge in [-0.25, -0.2) is 0 Å². The molecule has 0 aliphatic carbocycles. The Morgan fingerprint density at radius 2 is 1.63 bits per heavy atom. The third-order valence-corrected chi connectivity index (χ3v) is 2.72. The molecule has 0 spiro atoms. The van der Waals surface area contributed by atoms with E-state index < -0.39 is 0 Å². The summed E-state index contributed by atoms with van der Waals surface area (Å²) in [5, 5.41) is 0. The van der Waals surface area contributed by atoms with E-state index in [1.165, 1.54) is 11.1 Å². The highest BCUT2D eigenvalue weighted by Gasteiger charge is 2.23. The van der Waals surface area contributed by atoms with E-state index in [0.29, 0.717) is 18.6 Å². The van der Waals surface area contributed by atoms with Crippen LogP contribution in [0.25, 0.3) is 0 Å². The van der Waals surface area contributed by atoms with Gasteiger partial charge in [0.2, 0.25) is 0 Å². The largest absolute Gasteiger partial charge is 0.300 e. The first-order chi connectivity index (χ1) is 8.79. The van der Waals surface area contributed by atoms with Gasteiger partial charge < -0.3 is 0 Å². The molecule has 0 unspecified atom stereocenters. The first-order valence-corrected chi connectivity index (χ1v) is 6.99. The molecule has 0 saturated carbocycles. The molecule has 0 atom stereocenters. The molecule has 0 fully saturated rings. The fourth-order valence-corrected chi connectivity index (χ4v) is 1.85. The monoisotopic (exact) mass is 260 g/mol. The first kappa shape index (κ1) is 17.6. The van der Waals surface area contributed by atoms with Crippen LogP contribution in [0.3, 0.4) is 0 Å². The highest BCUT2D eigenvalue weighted by Crippen LogP contribution is 2.27. The normalized spacial score (nSPS) is 10.4. The Bertz CT molecular complexity index is 383. The van der Waals surface area contributed by atoms with Gasteiger partial charge in [-0.1, -0.05) is 56.7 Å². The molecule has 0 aliphatic heterocycles. The third-order valence-electron chi connectivity index (χ3n) is 2.72. The topological polar surface area (TPSA) is 17.1 Å². The summed E-state index contributed by atoms with van der Waals surface area (Å²) in [4.78, 5) is 11.6. The van der Waals surface area contributed by atoms with Gasteiger partial charge in [0.25, 0.3) is 0 Å². The second kappa shape index (κ2) is 8.68. The van der Waals surface area contributed by atoms with Gasteiger partial charge >= 0.3 is 0 Å². The molecule has 0 N–H and O–H groups in total. The van der Waals surface area contributed by atoms with Crippen molar-refractivity contribution in [1.29, 1.82) is 0 Å². The second-order valence-corrected chi connectivity index (χ2v) is 5.92. The average Bonchev–Trinajstić information content (AvgIpc) is 2.29. The van der Waals surface area contributed by atoms with Crippen LogP contribution in [0, 0.1) is 0 Å². The van der Waals surface area contributed by atoms with Gasteiger partial charge in [-0.2, -0.15) is 0 Å². The van der Waals surface area contributed by atoms with E-state index in [0.717, 1.165) is 6.42 Å². The molecule has 106 valence electrons. The molecule has 1 rings (SSSR count). The van der Waals surface area contributed by atoms with Crippen molar-refractivity contribution in [2.75, 3.05) is 0 Å². The van der Waals surface area contributed by atoms with Crippen LogP contribution in [0.1, 0.15) is 59.4 Å². The zero-order chi connectivity index (χ0) is 14.9. The minimum atomic E-state index is -0.0342. The Hall–Kier alpha value is -1.37. The quantitative estimate of drug-likeness (QED) is 0.656. The van der Waals surface area contributed by atoms with Crippen LogP contribution in [-0.2, 0) is 10.2 Å². The predicted octanol–water partition coefficient (Wildman–Crippen LogP) is 5.31. The van der Waals surface area contributed by atoms with Gasteiger partial charge in [0.1, 0.15) is 5.78 Å². The Kier molecular flexibility index (Phi) is 8.06. The summed E-state index contributed by atoms with van der Waals surface area (Å²) in [5.74, 6) is 0.367. The van der Waals surface area contributed by atoms with E-state index in [-0.39, 0.29) is 5.41 Å². The molecule has 0 bridgehead atoms. The zero-order valence-electron chi connectivity index (χ0n) is 13.1. The van der Waals surface area contributed by atoms with E-state index >= 15 is 0 Å². The second-order valence-electron chi connectivity index (χ2n) is 5.92. The molecular formula is C18H28O. The van der Waals surface area contributed by atoms with E-state index in [2.05, 4.69) is 32.6 Å². The van der Waals surface area contributed by atoms with Crippen molar-refractivity contribution in [3.05, 3.63) is 48.0 Å². The van der Waals surface area contributed by atoms with Crippen LogP contribution in [0.5, 0.6) is 0 Å². The summed E-state index contributed by atoms with van der Waals surface area (Å²) in [7, 11) is 0. The molecular weight excluding hydrogens is 232 g/mol. The van der Waals surface area contributed by atoms with E-state index in [9.17, 15) is 4.79 Å². The predicted molar refractivity (Wildman–Crippen MR) is 84.5 cm³/mol. The smallest absolute Gasteiger partial charge is 0.133 e. The summed E-state index contributed by atoms with van der Waals surface area (Å²) >= 11 is 0. The number of benzene rings is 1. The number of ketones is 1. The molecule has 0 aliphatic rings. The third kappa shape index (κ3) is 8.36. The SMILES string of the molecule is C=C(C)C.CCCC(=O)CC(C)(C)c1ccccc1. The molecule has 0 amide bonds. The summed E-state index contributed by atoms with van der Waals surface area (Å²) in [6, 6.07) is 10.3. The lowest BCUT2D eigenvalue weighted by molar-refractivity contribution is -0.120. The van der Waals surface area contributed by atoms with Crippen molar-refractivity contribution >= 4 is 5.78 Å². The van der Waals surface area contributed by atoms with Gasteiger partial charge in [-0.05, 0) is 31.2 Å². The molecule has 0 heterocycles. The first-order valence-electron chi connectivity index (χ1n) is 6.99. The van der Waals surface area contributed by atoms with Gasteiger partial charge in [0.15, 0.2) is 0 Å². The molecule has 0 saturated heterocycles. The van der Waals surface area contributed by atoms with Crippen LogP contribution < -0.4 is 0 Å². The molecule has 1 heteroatoms. The van der Waals surface area contributed by atoms with Crippen molar-refractivity contribution in [1.82, 2.24) is 0 Å².